The zero-order valence-electron chi connectivity index (χ0n) is 9.83. The number of rotatable bonds is 6. The molecule has 0 spiro atoms. The van der Waals surface area contributed by atoms with Crippen LogP contribution in [-0.2, 0) is 0 Å². The molecule has 0 saturated heterocycles. The van der Waals surface area contributed by atoms with Gasteiger partial charge in [0.2, 0.25) is 0 Å². The minimum Gasteiger partial charge on any atom is -0.490 e. The number of nitrogens with one attached hydrogen (secondary N) is 1. The van der Waals surface area contributed by atoms with Gasteiger partial charge < -0.3 is 15.0 Å². The lowest BCUT2D eigenvalue weighted by atomic mass is 10.4. The Morgan fingerprint density at radius 3 is 2.81 bits per heavy atom. The number of aromatic nitrogens is 2. The molecule has 16 heavy (non-hydrogen) atoms. The smallest absolute Gasteiger partial charge is 0.198 e. The molecule has 0 fully saturated rings. The summed E-state index contributed by atoms with van der Waals surface area (Å²) in [5, 5.41) is 3.50. The lowest BCUT2D eigenvalue weighted by Crippen LogP contribution is -2.17. The van der Waals surface area contributed by atoms with Gasteiger partial charge in [-0.1, -0.05) is 11.6 Å². The maximum absolute atomic E-state index is 5.87. The quantitative estimate of drug-likeness (QED) is 0.607. The van der Waals surface area contributed by atoms with Crippen molar-refractivity contribution >= 4 is 17.4 Å². The molecule has 0 saturated carbocycles. The lowest BCUT2D eigenvalue weighted by molar-refractivity contribution is 0.403. The van der Waals surface area contributed by atoms with Crippen molar-refractivity contribution in [2.45, 2.75) is 6.42 Å². The minimum absolute atomic E-state index is 0.326. The average molecular weight is 245 g/mol. The predicted molar refractivity (Wildman–Crippen MR) is 65.3 cm³/mol. The van der Waals surface area contributed by atoms with Crippen LogP contribution in [0.3, 0.4) is 0 Å². The van der Waals surface area contributed by atoms with E-state index in [-0.39, 0.29) is 0 Å². The van der Waals surface area contributed by atoms with Crippen molar-refractivity contribution in [3.63, 3.8) is 0 Å². The van der Waals surface area contributed by atoms with Crippen LogP contribution < -0.4 is 10.1 Å². The molecule has 0 atom stereocenters. The Labute approximate surface area is 101 Å². The molecule has 0 aromatic carbocycles. The van der Waals surface area contributed by atoms with E-state index in [9.17, 15) is 0 Å². The lowest BCUT2D eigenvalue weighted by Gasteiger charge is -2.12. The first-order valence-electron chi connectivity index (χ1n) is 5.08. The summed E-state index contributed by atoms with van der Waals surface area (Å²) in [6.07, 6.45) is 2.44. The van der Waals surface area contributed by atoms with Gasteiger partial charge in [0.1, 0.15) is 6.33 Å². The van der Waals surface area contributed by atoms with Crippen LogP contribution in [0.2, 0.25) is 5.15 Å². The molecule has 1 N–H and O–H groups in total. The highest BCUT2D eigenvalue weighted by atomic mass is 35.5. The van der Waals surface area contributed by atoms with E-state index >= 15 is 0 Å². The normalized spacial score (nSPS) is 10.6. The fourth-order valence-electron chi connectivity index (χ4n) is 1.26. The van der Waals surface area contributed by atoms with Crippen LogP contribution in [0.5, 0.6) is 5.75 Å². The average Bonchev–Trinajstić information content (AvgIpc) is 2.24. The number of hydrogen-bond donors (Lipinski definition) is 1. The second-order valence-corrected chi connectivity index (χ2v) is 3.99. The molecule has 5 nitrogen and oxygen atoms in total. The van der Waals surface area contributed by atoms with Crippen molar-refractivity contribution in [3.05, 3.63) is 11.5 Å². The Morgan fingerprint density at radius 2 is 2.19 bits per heavy atom. The molecule has 0 unspecified atom stereocenters. The molecule has 1 aromatic rings. The van der Waals surface area contributed by atoms with Gasteiger partial charge in [0.15, 0.2) is 16.7 Å². The van der Waals surface area contributed by atoms with Gasteiger partial charge in [0, 0.05) is 6.54 Å². The zero-order valence-corrected chi connectivity index (χ0v) is 10.6. The van der Waals surface area contributed by atoms with Crippen LogP contribution >= 0.6 is 11.6 Å². The fraction of sp³-hybridized carbons (Fsp3) is 0.600. The Bertz CT molecular complexity index is 333. The topological polar surface area (TPSA) is 50.3 Å². The fourth-order valence-corrected chi connectivity index (χ4v) is 1.47. The van der Waals surface area contributed by atoms with Gasteiger partial charge in [0.05, 0.1) is 7.11 Å². The van der Waals surface area contributed by atoms with Crippen LogP contribution in [-0.4, -0.2) is 49.2 Å². The highest BCUT2D eigenvalue weighted by molar-refractivity contribution is 6.31. The van der Waals surface area contributed by atoms with E-state index in [2.05, 4.69) is 20.2 Å². The van der Waals surface area contributed by atoms with E-state index in [1.165, 1.54) is 6.33 Å². The van der Waals surface area contributed by atoms with Crippen molar-refractivity contribution in [2.24, 2.45) is 0 Å². The number of halogens is 1. The predicted octanol–water partition coefficient (Wildman–Crippen LogP) is 1.50. The Kier molecular flexibility index (Phi) is 5.28. The Hall–Kier alpha value is -1.07. The van der Waals surface area contributed by atoms with Crippen molar-refractivity contribution < 1.29 is 4.74 Å². The van der Waals surface area contributed by atoms with Gasteiger partial charge in [-0.25, -0.2) is 9.97 Å². The number of methoxy groups -OCH3 is 1. The largest absolute Gasteiger partial charge is 0.490 e. The first-order chi connectivity index (χ1) is 7.65. The van der Waals surface area contributed by atoms with Crippen molar-refractivity contribution in [1.29, 1.82) is 0 Å². The number of ether oxygens (including phenoxy) is 1. The molecular weight excluding hydrogens is 228 g/mol. The Balaban J connectivity index is 2.50. The third-order valence-corrected chi connectivity index (χ3v) is 2.31. The standard InChI is InChI=1S/C10H17ClN4O/c1-15(2)6-4-5-12-10-8(16-3)9(11)13-7-14-10/h7H,4-6H2,1-3H3,(H,12,13,14). The van der Waals surface area contributed by atoms with Gasteiger partial charge in [-0.3, -0.25) is 0 Å². The van der Waals surface area contributed by atoms with E-state index in [1.807, 2.05) is 14.1 Å². The third kappa shape index (κ3) is 3.83. The minimum atomic E-state index is 0.326. The Morgan fingerprint density at radius 1 is 1.44 bits per heavy atom. The molecule has 0 aliphatic rings. The van der Waals surface area contributed by atoms with Crippen LogP contribution in [0.1, 0.15) is 6.42 Å². The molecule has 0 amide bonds. The SMILES string of the molecule is COc1c(Cl)ncnc1NCCCN(C)C. The maximum Gasteiger partial charge on any atom is 0.198 e. The van der Waals surface area contributed by atoms with Gasteiger partial charge >= 0.3 is 0 Å². The van der Waals surface area contributed by atoms with Crippen molar-refractivity contribution in [2.75, 3.05) is 39.6 Å². The molecular formula is C10H17ClN4O. The van der Waals surface area contributed by atoms with Gasteiger partial charge in [-0.15, -0.1) is 0 Å². The first-order valence-corrected chi connectivity index (χ1v) is 5.46. The summed E-state index contributed by atoms with van der Waals surface area (Å²) in [7, 11) is 5.64. The van der Waals surface area contributed by atoms with Crippen molar-refractivity contribution in [3.8, 4) is 5.75 Å². The third-order valence-electron chi connectivity index (χ3n) is 2.04. The highest BCUT2D eigenvalue weighted by Gasteiger charge is 2.09. The number of hydrogen-bond acceptors (Lipinski definition) is 5. The van der Waals surface area contributed by atoms with E-state index in [1.54, 1.807) is 7.11 Å². The summed E-state index contributed by atoms with van der Waals surface area (Å²) in [4.78, 5) is 10.1. The molecule has 0 bridgehead atoms. The zero-order chi connectivity index (χ0) is 12.0. The van der Waals surface area contributed by atoms with Gasteiger partial charge in [-0.2, -0.15) is 0 Å². The maximum atomic E-state index is 5.87. The van der Waals surface area contributed by atoms with E-state index in [0.29, 0.717) is 16.7 Å². The first kappa shape index (κ1) is 13.0. The monoisotopic (exact) mass is 244 g/mol. The molecule has 6 heteroatoms. The number of nitrogens with zero attached hydrogens (tertiary/aromatic N) is 3. The molecule has 1 aromatic heterocycles. The molecule has 0 aliphatic heterocycles. The van der Waals surface area contributed by atoms with Crippen LogP contribution in [0.15, 0.2) is 6.33 Å². The molecule has 0 radical (unpaired) electrons. The summed E-state index contributed by atoms with van der Waals surface area (Å²) in [5.41, 5.74) is 0. The van der Waals surface area contributed by atoms with E-state index in [0.717, 1.165) is 19.5 Å². The molecule has 90 valence electrons. The van der Waals surface area contributed by atoms with E-state index < -0.39 is 0 Å². The van der Waals surface area contributed by atoms with Gasteiger partial charge in [-0.05, 0) is 27.1 Å². The number of anilines is 1. The van der Waals surface area contributed by atoms with Gasteiger partial charge in [0.25, 0.3) is 0 Å². The summed E-state index contributed by atoms with van der Waals surface area (Å²) in [5.74, 6) is 1.13. The molecule has 1 heterocycles. The highest BCUT2D eigenvalue weighted by Crippen LogP contribution is 2.27. The van der Waals surface area contributed by atoms with Crippen LogP contribution in [0, 0.1) is 0 Å². The summed E-state index contributed by atoms with van der Waals surface area (Å²) < 4.78 is 5.12. The summed E-state index contributed by atoms with van der Waals surface area (Å²) in [6.45, 7) is 1.84. The van der Waals surface area contributed by atoms with Crippen LogP contribution in [0.4, 0.5) is 5.82 Å². The summed E-state index contributed by atoms with van der Waals surface area (Å²) in [6, 6.07) is 0. The van der Waals surface area contributed by atoms with Crippen molar-refractivity contribution in [1.82, 2.24) is 14.9 Å². The molecule has 0 aliphatic carbocycles. The summed E-state index contributed by atoms with van der Waals surface area (Å²) >= 11 is 5.87. The second kappa shape index (κ2) is 6.50. The second-order valence-electron chi connectivity index (χ2n) is 3.63. The molecule has 1 rings (SSSR count). The van der Waals surface area contributed by atoms with E-state index in [4.69, 9.17) is 16.3 Å². The van der Waals surface area contributed by atoms with Crippen LogP contribution in [0.25, 0.3) is 0 Å².